The Labute approximate surface area is 166 Å². The minimum Gasteiger partial charge on any atom is -0.379 e. The lowest BCUT2D eigenvalue weighted by atomic mass is 10.1. The minimum absolute atomic E-state index is 0.238. The van der Waals surface area contributed by atoms with Crippen LogP contribution in [0.1, 0.15) is 37.4 Å². The topological polar surface area (TPSA) is 55.2 Å². The molecule has 0 radical (unpaired) electrons. The van der Waals surface area contributed by atoms with Gasteiger partial charge in [0.2, 0.25) is 0 Å². The van der Waals surface area contributed by atoms with Gasteiger partial charge in [0.25, 0.3) is 0 Å². The number of hydrogen-bond donors (Lipinski definition) is 1. The summed E-state index contributed by atoms with van der Waals surface area (Å²) in [6.07, 6.45) is 1.88. The molecule has 2 aromatic heterocycles. The second-order valence-electron chi connectivity index (χ2n) is 7.53. The van der Waals surface area contributed by atoms with E-state index in [0.717, 1.165) is 56.4 Å². The second-order valence-corrected chi connectivity index (χ2v) is 7.53. The fourth-order valence-electron chi connectivity index (χ4n) is 4.00. The van der Waals surface area contributed by atoms with Gasteiger partial charge in [-0.25, -0.2) is 4.98 Å². The van der Waals surface area contributed by atoms with Crippen molar-refractivity contribution in [3.63, 3.8) is 0 Å². The van der Waals surface area contributed by atoms with Crippen LogP contribution in [0, 0.1) is 0 Å². The maximum atomic E-state index is 5.54. The predicted molar refractivity (Wildman–Crippen MR) is 111 cm³/mol. The Kier molecular flexibility index (Phi) is 6.00. The number of rotatable bonds is 7. The van der Waals surface area contributed by atoms with E-state index in [9.17, 15) is 0 Å². The standard InChI is InChI=1S/C22H29N5O/c1-17(2)27-20-9-4-3-8-19(20)25-22(27)16-23-15-21(18-7-5-6-10-24-18)26-11-13-28-14-12-26/h3-10,17,21,23H,11-16H2,1-2H3. The van der Waals surface area contributed by atoms with Crippen molar-refractivity contribution in [3.05, 3.63) is 60.2 Å². The lowest BCUT2D eigenvalue weighted by molar-refractivity contribution is 0.0152. The first-order chi connectivity index (χ1) is 13.7. The quantitative estimate of drug-likeness (QED) is 0.683. The van der Waals surface area contributed by atoms with Crippen LogP contribution in [0.3, 0.4) is 0 Å². The molecule has 4 rings (SSSR count). The van der Waals surface area contributed by atoms with E-state index in [1.54, 1.807) is 0 Å². The smallest absolute Gasteiger partial charge is 0.124 e. The second kappa shape index (κ2) is 8.82. The zero-order chi connectivity index (χ0) is 19.3. The number of benzene rings is 1. The molecule has 28 heavy (non-hydrogen) atoms. The number of nitrogens with zero attached hydrogens (tertiary/aromatic N) is 4. The Hall–Kier alpha value is -2.28. The summed E-state index contributed by atoms with van der Waals surface area (Å²) in [7, 11) is 0. The Balaban J connectivity index is 1.50. The van der Waals surface area contributed by atoms with E-state index < -0.39 is 0 Å². The van der Waals surface area contributed by atoms with Crippen molar-refractivity contribution in [3.8, 4) is 0 Å². The van der Waals surface area contributed by atoms with Crippen LogP contribution >= 0.6 is 0 Å². The van der Waals surface area contributed by atoms with Crippen molar-refractivity contribution in [2.45, 2.75) is 32.5 Å². The SMILES string of the molecule is CC(C)n1c(CNCC(c2ccccn2)N2CCOCC2)nc2ccccc21. The van der Waals surface area contributed by atoms with Crippen LogP contribution in [0.2, 0.25) is 0 Å². The predicted octanol–water partition coefficient (Wildman–Crippen LogP) is 3.18. The summed E-state index contributed by atoms with van der Waals surface area (Å²) in [5.74, 6) is 1.08. The molecule has 0 bridgehead atoms. The molecule has 1 atom stereocenters. The highest BCUT2D eigenvalue weighted by Gasteiger charge is 2.23. The highest BCUT2D eigenvalue weighted by molar-refractivity contribution is 5.76. The van der Waals surface area contributed by atoms with Gasteiger partial charge in [0.1, 0.15) is 5.82 Å². The summed E-state index contributed by atoms with van der Waals surface area (Å²) < 4.78 is 7.87. The van der Waals surface area contributed by atoms with Gasteiger partial charge in [-0.15, -0.1) is 0 Å². The Morgan fingerprint density at radius 3 is 2.61 bits per heavy atom. The highest BCUT2D eigenvalue weighted by Crippen LogP contribution is 2.22. The van der Waals surface area contributed by atoms with E-state index in [2.05, 4.69) is 63.9 Å². The van der Waals surface area contributed by atoms with E-state index in [4.69, 9.17) is 9.72 Å². The van der Waals surface area contributed by atoms with E-state index in [1.165, 1.54) is 5.52 Å². The Morgan fingerprint density at radius 2 is 1.86 bits per heavy atom. The average molecular weight is 380 g/mol. The third-order valence-corrected chi connectivity index (χ3v) is 5.32. The molecule has 1 fully saturated rings. The summed E-state index contributed by atoms with van der Waals surface area (Å²) >= 11 is 0. The minimum atomic E-state index is 0.238. The molecule has 0 aliphatic carbocycles. The lowest BCUT2D eigenvalue weighted by Crippen LogP contribution is -2.43. The van der Waals surface area contributed by atoms with Crippen LogP contribution < -0.4 is 5.32 Å². The van der Waals surface area contributed by atoms with E-state index >= 15 is 0 Å². The first-order valence-corrected chi connectivity index (χ1v) is 10.1. The van der Waals surface area contributed by atoms with Crippen LogP contribution in [0.15, 0.2) is 48.7 Å². The molecule has 0 amide bonds. The zero-order valence-electron chi connectivity index (χ0n) is 16.7. The van der Waals surface area contributed by atoms with Crippen LogP contribution in [0.4, 0.5) is 0 Å². The maximum absolute atomic E-state index is 5.54. The summed E-state index contributed by atoms with van der Waals surface area (Å²) in [6, 6.07) is 15.1. The normalized spacial score (nSPS) is 16.7. The average Bonchev–Trinajstić information content (AvgIpc) is 3.11. The van der Waals surface area contributed by atoms with Gasteiger partial charge >= 0.3 is 0 Å². The third-order valence-electron chi connectivity index (χ3n) is 5.32. The van der Waals surface area contributed by atoms with Crippen LogP contribution in [0.5, 0.6) is 0 Å². The molecule has 1 aliphatic rings. The van der Waals surface area contributed by atoms with Gasteiger partial charge in [-0.3, -0.25) is 9.88 Å². The van der Waals surface area contributed by atoms with Crippen LogP contribution in [-0.4, -0.2) is 52.3 Å². The van der Waals surface area contributed by atoms with Crippen LogP contribution in [-0.2, 0) is 11.3 Å². The molecule has 1 N–H and O–H groups in total. The van der Waals surface area contributed by atoms with E-state index in [1.807, 2.05) is 18.3 Å². The van der Waals surface area contributed by atoms with Gasteiger partial charge in [-0.1, -0.05) is 18.2 Å². The highest BCUT2D eigenvalue weighted by atomic mass is 16.5. The number of pyridine rings is 1. The molecule has 1 unspecified atom stereocenters. The molecule has 3 aromatic rings. The zero-order valence-corrected chi connectivity index (χ0v) is 16.7. The van der Waals surface area contributed by atoms with Gasteiger partial charge < -0.3 is 14.6 Å². The summed E-state index contributed by atoms with van der Waals surface area (Å²) in [5, 5.41) is 3.65. The number of imidazole rings is 1. The van der Waals surface area contributed by atoms with Crippen molar-refractivity contribution >= 4 is 11.0 Å². The first kappa shape index (κ1) is 19.1. The number of para-hydroxylation sites is 2. The van der Waals surface area contributed by atoms with Crippen molar-refractivity contribution < 1.29 is 4.74 Å². The number of morpholine rings is 1. The number of fused-ring (bicyclic) bond motifs is 1. The molecule has 3 heterocycles. The lowest BCUT2D eigenvalue weighted by Gasteiger charge is -2.34. The fourth-order valence-corrected chi connectivity index (χ4v) is 4.00. The summed E-state index contributed by atoms with van der Waals surface area (Å²) in [6.45, 7) is 9.43. The number of hydrogen-bond acceptors (Lipinski definition) is 5. The van der Waals surface area contributed by atoms with Gasteiger partial charge in [0.05, 0.1) is 42.5 Å². The summed E-state index contributed by atoms with van der Waals surface area (Å²) in [4.78, 5) is 11.9. The van der Waals surface area contributed by atoms with Gasteiger partial charge in [0, 0.05) is 31.9 Å². The number of aromatic nitrogens is 3. The van der Waals surface area contributed by atoms with Gasteiger partial charge in [-0.05, 0) is 38.1 Å². The molecule has 148 valence electrons. The van der Waals surface area contributed by atoms with E-state index in [0.29, 0.717) is 6.04 Å². The van der Waals surface area contributed by atoms with Crippen molar-refractivity contribution in [2.24, 2.45) is 0 Å². The van der Waals surface area contributed by atoms with Gasteiger partial charge in [0.15, 0.2) is 0 Å². The van der Waals surface area contributed by atoms with E-state index in [-0.39, 0.29) is 6.04 Å². The molecular weight excluding hydrogens is 350 g/mol. The molecular formula is C22H29N5O. The maximum Gasteiger partial charge on any atom is 0.124 e. The van der Waals surface area contributed by atoms with Gasteiger partial charge in [-0.2, -0.15) is 0 Å². The fraction of sp³-hybridized carbons (Fsp3) is 0.455. The summed E-state index contributed by atoms with van der Waals surface area (Å²) in [5.41, 5.74) is 3.36. The Morgan fingerprint density at radius 1 is 1.07 bits per heavy atom. The molecule has 0 saturated carbocycles. The number of ether oxygens (including phenoxy) is 1. The largest absolute Gasteiger partial charge is 0.379 e. The third kappa shape index (κ3) is 4.09. The van der Waals surface area contributed by atoms with Crippen molar-refractivity contribution in [1.29, 1.82) is 0 Å². The molecule has 0 spiro atoms. The van der Waals surface area contributed by atoms with Crippen molar-refractivity contribution in [2.75, 3.05) is 32.8 Å². The number of nitrogens with one attached hydrogen (secondary N) is 1. The molecule has 1 aliphatic heterocycles. The van der Waals surface area contributed by atoms with Crippen LogP contribution in [0.25, 0.3) is 11.0 Å². The molecule has 6 nitrogen and oxygen atoms in total. The Bertz CT molecular complexity index is 886. The first-order valence-electron chi connectivity index (χ1n) is 10.1. The molecule has 6 heteroatoms. The molecule has 1 saturated heterocycles. The molecule has 1 aromatic carbocycles. The van der Waals surface area contributed by atoms with Crippen molar-refractivity contribution in [1.82, 2.24) is 24.8 Å². The monoisotopic (exact) mass is 379 g/mol.